The van der Waals surface area contributed by atoms with Gasteiger partial charge in [0.25, 0.3) is 0 Å². The van der Waals surface area contributed by atoms with Crippen LogP contribution in [0.2, 0.25) is 0 Å². The molecule has 0 aromatic heterocycles. The summed E-state index contributed by atoms with van der Waals surface area (Å²) in [6.45, 7) is 0.825. The third-order valence-corrected chi connectivity index (χ3v) is 2.58. The zero-order valence-electron chi connectivity index (χ0n) is 7.79. The van der Waals surface area contributed by atoms with Crippen LogP contribution in [0.25, 0.3) is 6.08 Å². The van der Waals surface area contributed by atoms with Gasteiger partial charge in [-0.05, 0) is 0 Å². The Balaban J connectivity index is 0. The topological polar surface area (TPSA) is 9.23 Å². The third-order valence-electron chi connectivity index (χ3n) is 2.17. The molecular weight excluding hydrogens is 334 g/mol. The van der Waals surface area contributed by atoms with Gasteiger partial charge in [-0.15, -0.1) is 0 Å². The van der Waals surface area contributed by atoms with Crippen LogP contribution in [0.1, 0.15) is 17.0 Å². The van der Waals surface area contributed by atoms with Crippen molar-refractivity contribution in [2.24, 2.45) is 0 Å². The standard InChI is InChI=1S/C10H9O.3ClH.Zr/c11-7-9-6-5-8-3-1-2-4-10(8)9;;;;/h1-6,9H,7H2;3*1H;/q-1;;;;+4/p-3/t9-;;;;/m1..../s1. The van der Waals surface area contributed by atoms with E-state index in [9.17, 15) is 0 Å². The van der Waals surface area contributed by atoms with Crippen LogP contribution in [0.15, 0.2) is 30.3 Å². The zero-order chi connectivity index (χ0) is 8.39. The molecule has 5 heteroatoms. The molecule has 2 rings (SSSR count). The summed E-state index contributed by atoms with van der Waals surface area (Å²) in [6, 6.07) is 8.48. The molecule has 80 valence electrons. The average molecular weight is 343 g/mol. The molecule has 15 heavy (non-hydrogen) atoms. The molecule has 0 N–H and O–H groups in total. The SMILES string of the molecule is [Cl-].[Cl-].[Cl-].[Zr+3][O]C[C@H]1C=Cc2ccccc21. The van der Waals surface area contributed by atoms with Crippen molar-refractivity contribution in [3.63, 3.8) is 0 Å². The molecule has 0 bridgehead atoms. The summed E-state index contributed by atoms with van der Waals surface area (Å²) < 4.78 is 5.22. The molecule has 0 saturated carbocycles. The van der Waals surface area contributed by atoms with Crippen molar-refractivity contribution >= 4 is 6.08 Å². The second kappa shape index (κ2) is 8.78. The Hall–Kier alpha value is 0.673. The molecule has 0 radical (unpaired) electrons. The molecule has 1 aromatic carbocycles. The van der Waals surface area contributed by atoms with E-state index in [0.29, 0.717) is 5.92 Å². The van der Waals surface area contributed by atoms with Gasteiger partial charge in [0.05, 0.1) is 0 Å². The second-order valence-corrected chi connectivity index (χ2v) is 3.62. The number of hydrogen-bond donors (Lipinski definition) is 0. The first-order valence-corrected chi connectivity index (χ1v) is 4.98. The Kier molecular flexibility index (Phi) is 10.6. The van der Waals surface area contributed by atoms with Crippen LogP contribution in [0, 0.1) is 0 Å². The van der Waals surface area contributed by atoms with Gasteiger partial charge in [-0.2, -0.15) is 0 Å². The van der Waals surface area contributed by atoms with Gasteiger partial charge in [-0.25, -0.2) is 0 Å². The molecule has 0 aliphatic heterocycles. The fraction of sp³-hybridized carbons (Fsp3) is 0.200. The maximum atomic E-state index is 5.22. The van der Waals surface area contributed by atoms with Gasteiger partial charge in [0.1, 0.15) is 0 Å². The van der Waals surface area contributed by atoms with Crippen LogP contribution in [-0.4, -0.2) is 6.61 Å². The molecule has 0 heterocycles. The number of hydrogen-bond acceptors (Lipinski definition) is 1. The van der Waals surface area contributed by atoms with E-state index in [-0.39, 0.29) is 37.2 Å². The molecule has 1 nitrogen and oxygen atoms in total. The quantitative estimate of drug-likeness (QED) is 0.519. The van der Waals surface area contributed by atoms with Gasteiger partial charge >= 0.3 is 88.0 Å². The summed E-state index contributed by atoms with van der Waals surface area (Å²) in [4.78, 5) is 0. The van der Waals surface area contributed by atoms with E-state index in [4.69, 9.17) is 2.81 Å². The summed E-state index contributed by atoms with van der Waals surface area (Å²) in [5, 5.41) is 0. The molecule has 0 amide bonds. The van der Waals surface area contributed by atoms with E-state index in [2.05, 4.69) is 36.4 Å². The molecule has 0 saturated heterocycles. The van der Waals surface area contributed by atoms with Gasteiger partial charge in [0.15, 0.2) is 0 Å². The first-order chi connectivity index (χ1) is 5.92. The van der Waals surface area contributed by atoms with Crippen LogP contribution >= 0.6 is 0 Å². The second-order valence-electron chi connectivity index (χ2n) is 2.91. The van der Waals surface area contributed by atoms with Crippen LogP contribution in [0.3, 0.4) is 0 Å². The monoisotopic (exact) mass is 340 g/mol. The summed E-state index contributed by atoms with van der Waals surface area (Å²) in [5.74, 6) is 0.487. The Morgan fingerprint density at radius 2 is 1.80 bits per heavy atom. The number of benzene rings is 1. The van der Waals surface area contributed by atoms with Gasteiger partial charge in [0.2, 0.25) is 0 Å². The van der Waals surface area contributed by atoms with Crippen molar-refractivity contribution in [3.05, 3.63) is 41.5 Å². The van der Waals surface area contributed by atoms with E-state index in [1.165, 1.54) is 11.1 Å². The number of rotatable bonds is 2. The third kappa shape index (κ3) is 4.21. The van der Waals surface area contributed by atoms with E-state index in [1.54, 1.807) is 0 Å². The van der Waals surface area contributed by atoms with Gasteiger partial charge < -0.3 is 37.2 Å². The average Bonchev–Trinajstić information content (AvgIpc) is 2.50. The van der Waals surface area contributed by atoms with E-state index >= 15 is 0 Å². The molecular formula is C10H9Cl3OZr. The Bertz CT molecular complexity index is 317. The molecule has 1 aliphatic rings. The van der Waals surface area contributed by atoms with Gasteiger partial charge in [-0.3, -0.25) is 0 Å². The van der Waals surface area contributed by atoms with Crippen molar-refractivity contribution in [2.75, 3.05) is 6.61 Å². The fourth-order valence-electron chi connectivity index (χ4n) is 1.56. The first-order valence-electron chi connectivity index (χ1n) is 3.97. The van der Waals surface area contributed by atoms with Crippen molar-refractivity contribution in [3.8, 4) is 0 Å². The van der Waals surface area contributed by atoms with Gasteiger partial charge in [0, 0.05) is 0 Å². The summed E-state index contributed by atoms with van der Waals surface area (Å²) in [5.41, 5.74) is 2.75. The summed E-state index contributed by atoms with van der Waals surface area (Å²) in [6.07, 6.45) is 4.39. The molecule has 0 unspecified atom stereocenters. The Labute approximate surface area is 124 Å². The van der Waals surface area contributed by atoms with Gasteiger partial charge in [-0.1, -0.05) is 0 Å². The van der Waals surface area contributed by atoms with Crippen molar-refractivity contribution < 1.29 is 65.2 Å². The van der Waals surface area contributed by atoms with Crippen molar-refractivity contribution in [1.29, 1.82) is 0 Å². The maximum absolute atomic E-state index is 5.22. The molecule has 1 aromatic rings. The van der Waals surface area contributed by atoms with Crippen LogP contribution < -0.4 is 37.2 Å². The predicted octanol–water partition coefficient (Wildman–Crippen LogP) is -6.71. The minimum absolute atomic E-state index is 0. The minimum atomic E-state index is 0. The molecule has 1 atom stereocenters. The van der Waals surface area contributed by atoms with Crippen LogP contribution in [0.5, 0.6) is 0 Å². The first kappa shape index (κ1) is 18.0. The Morgan fingerprint density at radius 3 is 2.47 bits per heavy atom. The predicted molar refractivity (Wildman–Crippen MR) is 44.2 cm³/mol. The number of halogens is 3. The van der Waals surface area contributed by atoms with Crippen LogP contribution in [0.4, 0.5) is 0 Å². The normalized spacial score (nSPS) is 15.7. The molecule has 0 fully saturated rings. The molecule has 1 aliphatic carbocycles. The molecule has 0 spiro atoms. The summed E-state index contributed by atoms with van der Waals surface area (Å²) >= 11 is 1.15. The van der Waals surface area contributed by atoms with E-state index in [0.717, 1.165) is 31.8 Å². The Morgan fingerprint density at radius 1 is 1.13 bits per heavy atom. The fourth-order valence-corrected chi connectivity index (χ4v) is 2.00. The van der Waals surface area contributed by atoms with E-state index < -0.39 is 0 Å². The van der Waals surface area contributed by atoms with Crippen LogP contribution in [-0.2, 0) is 28.0 Å². The van der Waals surface area contributed by atoms with E-state index in [1.807, 2.05) is 0 Å². The van der Waals surface area contributed by atoms with Crippen molar-refractivity contribution in [2.45, 2.75) is 5.92 Å². The zero-order valence-corrected chi connectivity index (χ0v) is 12.5. The number of fused-ring (bicyclic) bond motifs is 1. The summed E-state index contributed by atoms with van der Waals surface area (Å²) in [7, 11) is 0. The van der Waals surface area contributed by atoms with Crippen molar-refractivity contribution in [1.82, 2.24) is 0 Å².